The van der Waals surface area contributed by atoms with Crippen molar-refractivity contribution in [2.45, 2.75) is 302 Å². The number of ether oxygens (including phenoxy) is 1. The number of hydrogen-bond donors (Lipinski definition) is 3. The molecule has 0 aliphatic rings. The van der Waals surface area contributed by atoms with E-state index in [9.17, 15) is 19.8 Å². The third-order valence-corrected chi connectivity index (χ3v) is 12.9. The fourth-order valence-electron chi connectivity index (χ4n) is 8.58. The van der Waals surface area contributed by atoms with Crippen LogP contribution in [0.1, 0.15) is 284 Å². The summed E-state index contributed by atoms with van der Waals surface area (Å²) in [6.07, 6.45) is 67.1. The van der Waals surface area contributed by atoms with Crippen LogP contribution in [0.3, 0.4) is 0 Å². The molecule has 384 valence electrons. The number of unbranched alkanes of at least 4 members (excludes halogenated alkanes) is 31. The molecule has 0 rings (SSSR count). The van der Waals surface area contributed by atoms with E-state index in [2.05, 4.69) is 86.8 Å². The van der Waals surface area contributed by atoms with E-state index in [1.807, 2.05) is 0 Å². The molecule has 0 aliphatic carbocycles. The van der Waals surface area contributed by atoms with Gasteiger partial charge in [-0.15, -0.1) is 0 Å². The van der Waals surface area contributed by atoms with Gasteiger partial charge in [0.05, 0.1) is 25.2 Å². The third-order valence-electron chi connectivity index (χ3n) is 12.9. The second-order valence-corrected chi connectivity index (χ2v) is 19.4. The average Bonchev–Trinajstić information content (AvgIpc) is 3.31. The van der Waals surface area contributed by atoms with Crippen molar-refractivity contribution in [2.24, 2.45) is 0 Å². The first kappa shape index (κ1) is 63.6. The minimum absolute atomic E-state index is 0.0633. The van der Waals surface area contributed by atoms with Crippen LogP contribution in [0.4, 0.5) is 0 Å². The van der Waals surface area contributed by atoms with Crippen molar-refractivity contribution >= 4 is 11.9 Å². The highest BCUT2D eigenvalue weighted by Gasteiger charge is 2.24. The van der Waals surface area contributed by atoms with E-state index in [0.29, 0.717) is 19.3 Å². The lowest BCUT2D eigenvalue weighted by molar-refractivity contribution is -0.151. The molecule has 0 saturated heterocycles. The van der Waals surface area contributed by atoms with Crippen LogP contribution < -0.4 is 5.32 Å². The summed E-state index contributed by atoms with van der Waals surface area (Å²) >= 11 is 0. The second kappa shape index (κ2) is 53.5. The first-order valence-electron chi connectivity index (χ1n) is 28.5. The monoisotopic (exact) mass is 924 g/mol. The number of esters is 1. The van der Waals surface area contributed by atoms with Gasteiger partial charge in [-0.2, -0.15) is 0 Å². The number of allylic oxidation sites excluding steroid dienone is 10. The van der Waals surface area contributed by atoms with E-state index in [1.165, 1.54) is 141 Å². The summed E-state index contributed by atoms with van der Waals surface area (Å²) in [6.45, 7) is 6.35. The molecule has 0 aromatic carbocycles. The lowest BCUT2D eigenvalue weighted by Crippen LogP contribution is -2.46. The minimum atomic E-state index is -0.796. The Morgan fingerprint density at radius 3 is 1.38 bits per heavy atom. The zero-order chi connectivity index (χ0) is 48.1. The molecule has 0 bridgehead atoms. The maximum Gasteiger partial charge on any atom is 0.306 e. The molecule has 0 aromatic rings. The van der Waals surface area contributed by atoms with Gasteiger partial charge >= 0.3 is 5.97 Å². The average molecular weight is 925 g/mol. The predicted octanol–water partition coefficient (Wildman–Crippen LogP) is 17.6. The molecular weight excluding hydrogens is 815 g/mol. The van der Waals surface area contributed by atoms with Crippen molar-refractivity contribution in [1.82, 2.24) is 5.32 Å². The van der Waals surface area contributed by atoms with Crippen LogP contribution in [0, 0.1) is 0 Å². The summed E-state index contributed by atoms with van der Waals surface area (Å²) in [6, 6.07) is -0.711. The highest BCUT2D eigenvalue weighted by atomic mass is 16.5. The van der Waals surface area contributed by atoms with Crippen molar-refractivity contribution in [2.75, 3.05) is 6.61 Å². The summed E-state index contributed by atoms with van der Waals surface area (Å²) in [7, 11) is 0. The molecule has 6 nitrogen and oxygen atoms in total. The summed E-state index contributed by atoms with van der Waals surface area (Å²) in [4.78, 5) is 26.2. The fourth-order valence-corrected chi connectivity index (χ4v) is 8.58. The zero-order valence-electron chi connectivity index (χ0n) is 43.8. The lowest BCUT2D eigenvalue weighted by Gasteiger charge is -2.24. The first-order valence-corrected chi connectivity index (χ1v) is 28.5. The number of rotatable bonds is 51. The largest absolute Gasteiger partial charge is 0.462 e. The van der Waals surface area contributed by atoms with E-state index in [4.69, 9.17) is 4.74 Å². The SMILES string of the molecule is CC/C=C/C=C/C=C\CCCCCCCC(=O)OC(CCCCCCCCC/C=C\C/C=C\CCCCC)CC(=O)NC(CO)C(O)CCCCCCCCCCCCCCCCCCC. The van der Waals surface area contributed by atoms with Gasteiger partial charge in [0.15, 0.2) is 0 Å². The van der Waals surface area contributed by atoms with Gasteiger partial charge in [-0.25, -0.2) is 0 Å². The van der Waals surface area contributed by atoms with E-state index < -0.39 is 18.2 Å². The second-order valence-electron chi connectivity index (χ2n) is 19.4. The van der Waals surface area contributed by atoms with Crippen molar-refractivity contribution in [3.63, 3.8) is 0 Å². The van der Waals surface area contributed by atoms with E-state index in [0.717, 1.165) is 96.3 Å². The number of aliphatic hydroxyl groups excluding tert-OH is 2. The standard InChI is InChI=1S/C60H109NO5/c1-4-7-10-13-16-19-22-25-27-29-31-34-36-39-42-45-48-51-56(66-60(65)53-50-47-44-41-38-33-24-21-18-15-12-9-6-3)54-59(64)61-57(55-62)58(63)52-49-46-43-40-37-35-32-30-28-26-23-20-17-14-11-8-5-2/h9,12,15-16,18-19,21,24-25,27,56-58,62-63H,4-8,10-11,13-14,17,20,22-23,26,28-55H2,1-3H3,(H,61,64)/b12-9+,18-15+,19-16-,24-21-,27-25-. The van der Waals surface area contributed by atoms with Crippen molar-refractivity contribution < 1.29 is 24.5 Å². The zero-order valence-corrected chi connectivity index (χ0v) is 43.8. The Bertz CT molecular complexity index is 1170. The maximum atomic E-state index is 13.3. The smallest absolute Gasteiger partial charge is 0.306 e. The number of carbonyl (C=O) groups excluding carboxylic acids is 2. The molecule has 0 spiro atoms. The topological polar surface area (TPSA) is 95.9 Å². The van der Waals surface area contributed by atoms with Crippen LogP contribution in [0.25, 0.3) is 0 Å². The normalized spacial score (nSPS) is 13.6. The number of nitrogens with one attached hydrogen (secondary N) is 1. The Labute approximate surface area is 409 Å². The van der Waals surface area contributed by atoms with E-state index in [-0.39, 0.29) is 24.9 Å². The first-order chi connectivity index (χ1) is 32.5. The predicted molar refractivity (Wildman–Crippen MR) is 287 cm³/mol. The van der Waals surface area contributed by atoms with E-state index >= 15 is 0 Å². The molecule has 0 fully saturated rings. The van der Waals surface area contributed by atoms with Crippen molar-refractivity contribution in [1.29, 1.82) is 0 Å². The Balaban J connectivity index is 4.56. The fraction of sp³-hybridized carbons (Fsp3) is 0.800. The van der Waals surface area contributed by atoms with Crippen molar-refractivity contribution in [3.05, 3.63) is 60.8 Å². The molecule has 66 heavy (non-hydrogen) atoms. The van der Waals surface area contributed by atoms with Crippen LogP contribution in [0.5, 0.6) is 0 Å². The molecule has 0 aromatic heterocycles. The van der Waals surface area contributed by atoms with Crippen LogP contribution in [0.2, 0.25) is 0 Å². The van der Waals surface area contributed by atoms with Crippen molar-refractivity contribution in [3.8, 4) is 0 Å². The van der Waals surface area contributed by atoms with Gasteiger partial charge in [0, 0.05) is 6.42 Å². The highest BCUT2D eigenvalue weighted by molar-refractivity contribution is 5.77. The van der Waals surface area contributed by atoms with E-state index in [1.54, 1.807) is 0 Å². The van der Waals surface area contributed by atoms with Gasteiger partial charge < -0.3 is 20.3 Å². The van der Waals surface area contributed by atoms with Crippen LogP contribution in [-0.4, -0.2) is 46.9 Å². The molecule has 3 unspecified atom stereocenters. The number of amides is 1. The Morgan fingerprint density at radius 1 is 0.470 bits per heavy atom. The van der Waals surface area contributed by atoms with Gasteiger partial charge in [-0.3, -0.25) is 9.59 Å². The van der Waals surface area contributed by atoms with Crippen LogP contribution in [-0.2, 0) is 14.3 Å². The van der Waals surface area contributed by atoms with Gasteiger partial charge in [-0.1, -0.05) is 255 Å². The van der Waals surface area contributed by atoms with Gasteiger partial charge in [0.25, 0.3) is 0 Å². The third kappa shape index (κ3) is 48.0. The summed E-state index contributed by atoms with van der Waals surface area (Å²) in [5.74, 6) is -0.499. The maximum absolute atomic E-state index is 13.3. The van der Waals surface area contributed by atoms with Gasteiger partial charge in [0.1, 0.15) is 6.10 Å². The number of hydrogen-bond acceptors (Lipinski definition) is 5. The molecule has 0 aliphatic heterocycles. The molecule has 6 heteroatoms. The quantitative estimate of drug-likeness (QED) is 0.0244. The highest BCUT2D eigenvalue weighted by Crippen LogP contribution is 2.18. The molecule has 0 saturated carbocycles. The molecule has 3 atom stereocenters. The molecule has 0 heterocycles. The molecular formula is C60H109NO5. The number of aliphatic hydroxyl groups is 2. The molecule has 3 N–H and O–H groups in total. The van der Waals surface area contributed by atoms with Gasteiger partial charge in [0.2, 0.25) is 5.91 Å². The lowest BCUT2D eigenvalue weighted by atomic mass is 10.0. The summed E-state index contributed by atoms with van der Waals surface area (Å²) < 4.78 is 5.94. The molecule has 0 radical (unpaired) electrons. The minimum Gasteiger partial charge on any atom is -0.462 e. The Hall–Kier alpha value is -2.44. The summed E-state index contributed by atoms with van der Waals surface area (Å²) in [5, 5.41) is 23.9. The molecule has 1 amide bonds. The summed E-state index contributed by atoms with van der Waals surface area (Å²) in [5.41, 5.74) is 0. The van der Waals surface area contributed by atoms with Crippen LogP contribution >= 0.6 is 0 Å². The Morgan fingerprint density at radius 2 is 0.879 bits per heavy atom. The number of carbonyl (C=O) groups is 2. The Kier molecular flexibility index (Phi) is 51.5. The van der Waals surface area contributed by atoms with Gasteiger partial charge in [-0.05, 0) is 77.0 Å². The van der Waals surface area contributed by atoms with Crippen LogP contribution in [0.15, 0.2) is 60.8 Å².